The number of nitrogens with two attached hydrogens (primary N) is 1. The lowest BCUT2D eigenvalue weighted by atomic mass is 10.1. The summed E-state index contributed by atoms with van der Waals surface area (Å²) in [5, 5.41) is 13.9. The van der Waals surface area contributed by atoms with Crippen molar-refractivity contribution in [2.75, 3.05) is 17.2 Å². The highest BCUT2D eigenvalue weighted by molar-refractivity contribution is 6.04. The maximum absolute atomic E-state index is 12.9. The summed E-state index contributed by atoms with van der Waals surface area (Å²) in [6.07, 6.45) is -4.77. The van der Waals surface area contributed by atoms with E-state index in [0.717, 1.165) is 5.56 Å². The number of benzene rings is 2. The van der Waals surface area contributed by atoms with Crippen molar-refractivity contribution in [1.29, 1.82) is 0 Å². The third kappa shape index (κ3) is 6.78. The summed E-state index contributed by atoms with van der Waals surface area (Å²) in [5.41, 5.74) is 7.88. The molecule has 0 atom stereocenters. The first-order chi connectivity index (χ1) is 15.6. The predicted molar refractivity (Wildman–Crippen MR) is 118 cm³/mol. The Bertz CT molecular complexity index is 1170. The second-order valence-corrected chi connectivity index (χ2v) is 7.18. The number of alkyl halides is 3. The van der Waals surface area contributed by atoms with Gasteiger partial charge in [-0.15, -0.1) is 0 Å². The van der Waals surface area contributed by atoms with Crippen molar-refractivity contribution in [2.24, 2.45) is 5.73 Å². The van der Waals surface area contributed by atoms with E-state index in [1.165, 1.54) is 18.2 Å². The number of aromatic nitrogens is 1. The molecule has 1 aromatic heterocycles. The number of anilines is 2. The molecule has 0 radical (unpaired) electrons. The SMILES string of the molecule is NCc1cccc(-c2cc(NCC(F)(F)F)cc(C(=O)Nc3ccccc3CC(=O)O)n2)c1. The zero-order chi connectivity index (χ0) is 24.0. The van der Waals surface area contributed by atoms with Crippen molar-refractivity contribution in [3.63, 3.8) is 0 Å². The van der Waals surface area contributed by atoms with Gasteiger partial charge in [0.1, 0.15) is 12.2 Å². The monoisotopic (exact) mass is 458 g/mol. The Morgan fingerprint density at radius 3 is 2.48 bits per heavy atom. The summed E-state index contributed by atoms with van der Waals surface area (Å²) in [5.74, 6) is -1.77. The Morgan fingerprint density at radius 2 is 1.79 bits per heavy atom. The van der Waals surface area contributed by atoms with Gasteiger partial charge in [0.2, 0.25) is 0 Å². The number of hydrogen-bond acceptors (Lipinski definition) is 5. The van der Waals surface area contributed by atoms with Crippen LogP contribution in [-0.2, 0) is 17.8 Å². The van der Waals surface area contributed by atoms with Gasteiger partial charge in [-0.1, -0.05) is 36.4 Å². The summed E-state index contributed by atoms with van der Waals surface area (Å²) < 4.78 is 38.2. The van der Waals surface area contributed by atoms with Gasteiger partial charge < -0.3 is 21.5 Å². The van der Waals surface area contributed by atoms with Gasteiger partial charge in [-0.2, -0.15) is 13.2 Å². The highest BCUT2D eigenvalue weighted by Gasteiger charge is 2.27. The highest BCUT2D eigenvalue weighted by Crippen LogP contribution is 2.25. The number of carbonyl (C=O) groups excluding carboxylic acids is 1. The van der Waals surface area contributed by atoms with Crippen LogP contribution in [0.1, 0.15) is 21.6 Å². The standard InChI is InChI=1S/C23H21F3N4O3/c24-23(25,26)13-28-17-10-19(15-6-3-4-14(8-15)12-27)29-20(11-17)22(33)30-18-7-2-1-5-16(18)9-21(31)32/h1-8,10-11H,9,12-13,27H2,(H,28,29)(H,30,33)(H,31,32). The molecule has 0 aliphatic rings. The Labute approximate surface area is 187 Å². The van der Waals surface area contributed by atoms with Crippen LogP contribution in [-0.4, -0.2) is 34.7 Å². The van der Waals surface area contributed by atoms with E-state index in [0.29, 0.717) is 11.1 Å². The average molecular weight is 458 g/mol. The van der Waals surface area contributed by atoms with E-state index in [4.69, 9.17) is 10.8 Å². The van der Waals surface area contributed by atoms with Crippen molar-refractivity contribution in [3.8, 4) is 11.3 Å². The van der Waals surface area contributed by atoms with E-state index in [-0.39, 0.29) is 35.7 Å². The molecule has 33 heavy (non-hydrogen) atoms. The molecular weight excluding hydrogens is 437 g/mol. The molecule has 2 aromatic carbocycles. The molecule has 1 heterocycles. The Kier molecular flexibility index (Phi) is 7.29. The van der Waals surface area contributed by atoms with Crippen LogP contribution >= 0.6 is 0 Å². The second-order valence-electron chi connectivity index (χ2n) is 7.18. The maximum Gasteiger partial charge on any atom is 0.405 e. The molecule has 7 nitrogen and oxygen atoms in total. The summed E-state index contributed by atoms with van der Waals surface area (Å²) in [6.45, 7) is -1.03. The molecule has 0 aliphatic heterocycles. The van der Waals surface area contributed by atoms with Gasteiger partial charge in [0.15, 0.2) is 0 Å². The molecule has 172 valence electrons. The Hall–Kier alpha value is -3.92. The second kappa shape index (κ2) is 10.1. The lowest BCUT2D eigenvalue weighted by molar-refractivity contribution is -0.136. The van der Waals surface area contributed by atoms with Gasteiger partial charge in [0.05, 0.1) is 12.1 Å². The Balaban J connectivity index is 1.97. The molecule has 0 saturated heterocycles. The van der Waals surface area contributed by atoms with Crippen LogP contribution in [0.2, 0.25) is 0 Å². The van der Waals surface area contributed by atoms with Crippen LogP contribution in [0.15, 0.2) is 60.7 Å². The van der Waals surface area contributed by atoms with Crippen molar-refractivity contribution >= 4 is 23.3 Å². The molecule has 10 heteroatoms. The number of carboxylic acids is 1. The topological polar surface area (TPSA) is 117 Å². The quantitative estimate of drug-likeness (QED) is 0.404. The van der Waals surface area contributed by atoms with E-state index < -0.39 is 24.6 Å². The largest absolute Gasteiger partial charge is 0.481 e. The first-order valence-corrected chi connectivity index (χ1v) is 9.88. The molecule has 3 aromatic rings. The van der Waals surface area contributed by atoms with E-state index in [2.05, 4.69) is 15.6 Å². The third-order valence-corrected chi connectivity index (χ3v) is 4.62. The number of carboxylic acid groups (broad SMARTS) is 1. The highest BCUT2D eigenvalue weighted by atomic mass is 19.4. The lowest BCUT2D eigenvalue weighted by Crippen LogP contribution is -2.22. The first kappa shape index (κ1) is 23.7. The van der Waals surface area contributed by atoms with E-state index >= 15 is 0 Å². The van der Waals surface area contributed by atoms with Gasteiger partial charge in [-0.3, -0.25) is 9.59 Å². The zero-order valence-electron chi connectivity index (χ0n) is 17.3. The fourth-order valence-electron chi connectivity index (χ4n) is 3.10. The first-order valence-electron chi connectivity index (χ1n) is 9.88. The van der Waals surface area contributed by atoms with Crippen LogP contribution in [0.3, 0.4) is 0 Å². The molecule has 0 unspecified atom stereocenters. The minimum atomic E-state index is -4.46. The predicted octanol–water partition coefficient (Wildman–Crippen LogP) is 4.06. The van der Waals surface area contributed by atoms with Crippen molar-refractivity contribution in [2.45, 2.75) is 19.1 Å². The van der Waals surface area contributed by atoms with Crippen molar-refractivity contribution < 1.29 is 27.9 Å². The fourth-order valence-corrected chi connectivity index (χ4v) is 3.10. The minimum absolute atomic E-state index is 0.0550. The van der Waals surface area contributed by atoms with Gasteiger partial charge in [-0.05, 0) is 35.4 Å². The zero-order valence-corrected chi connectivity index (χ0v) is 17.3. The van der Waals surface area contributed by atoms with Crippen LogP contribution in [0.5, 0.6) is 0 Å². The van der Waals surface area contributed by atoms with Crippen LogP contribution < -0.4 is 16.4 Å². The normalized spacial score (nSPS) is 11.2. The van der Waals surface area contributed by atoms with Gasteiger partial charge in [-0.25, -0.2) is 4.98 Å². The van der Waals surface area contributed by atoms with Gasteiger partial charge in [0.25, 0.3) is 5.91 Å². The van der Waals surface area contributed by atoms with Gasteiger partial charge >= 0.3 is 12.1 Å². The number of hydrogen-bond donors (Lipinski definition) is 4. The summed E-state index contributed by atoms with van der Waals surface area (Å²) in [6, 6.07) is 15.9. The number of amides is 1. The molecule has 3 rings (SSSR count). The minimum Gasteiger partial charge on any atom is -0.481 e. The van der Waals surface area contributed by atoms with Crippen molar-refractivity contribution in [1.82, 2.24) is 4.98 Å². The number of rotatable bonds is 8. The average Bonchev–Trinajstić information content (AvgIpc) is 2.78. The number of carbonyl (C=O) groups is 2. The van der Waals surface area contributed by atoms with Crippen LogP contribution in [0.4, 0.5) is 24.5 Å². The molecule has 5 N–H and O–H groups in total. The number of nitrogens with zero attached hydrogens (tertiary/aromatic N) is 1. The van der Waals surface area contributed by atoms with E-state index in [1.54, 1.807) is 42.5 Å². The molecule has 0 spiro atoms. The van der Waals surface area contributed by atoms with Crippen LogP contribution in [0, 0.1) is 0 Å². The number of aliphatic carboxylic acids is 1. The van der Waals surface area contributed by atoms with Crippen LogP contribution in [0.25, 0.3) is 11.3 Å². The number of halogens is 3. The number of para-hydroxylation sites is 1. The van der Waals surface area contributed by atoms with E-state index in [9.17, 15) is 22.8 Å². The fraction of sp³-hybridized carbons (Fsp3) is 0.174. The molecular formula is C23H21F3N4O3. The number of pyridine rings is 1. The molecule has 0 aliphatic carbocycles. The Morgan fingerprint density at radius 1 is 1.03 bits per heavy atom. The molecule has 0 saturated carbocycles. The number of nitrogens with one attached hydrogen (secondary N) is 2. The smallest absolute Gasteiger partial charge is 0.405 e. The summed E-state index contributed by atoms with van der Waals surface area (Å²) in [4.78, 5) is 28.3. The van der Waals surface area contributed by atoms with Crippen molar-refractivity contribution in [3.05, 3.63) is 77.5 Å². The lowest BCUT2D eigenvalue weighted by Gasteiger charge is -2.14. The van der Waals surface area contributed by atoms with E-state index in [1.807, 2.05) is 0 Å². The molecule has 0 fully saturated rings. The van der Waals surface area contributed by atoms with Gasteiger partial charge in [0, 0.05) is 23.5 Å². The summed E-state index contributed by atoms with van der Waals surface area (Å²) >= 11 is 0. The summed E-state index contributed by atoms with van der Waals surface area (Å²) in [7, 11) is 0. The molecule has 0 bridgehead atoms. The molecule has 1 amide bonds. The third-order valence-electron chi connectivity index (χ3n) is 4.62. The maximum atomic E-state index is 12.9.